The molecule has 0 saturated heterocycles. The van der Waals surface area contributed by atoms with Gasteiger partial charge >= 0.3 is 0 Å². The van der Waals surface area contributed by atoms with Gasteiger partial charge in [-0.15, -0.1) is 0 Å². The number of hydrogen-bond donors (Lipinski definition) is 2. The van der Waals surface area contributed by atoms with E-state index in [1.807, 2.05) is 39.8 Å². The molecule has 0 fully saturated rings. The second kappa shape index (κ2) is 7.02. The first-order valence-electron chi connectivity index (χ1n) is 6.89. The van der Waals surface area contributed by atoms with Crippen LogP contribution in [0.25, 0.3) is 0 Å². The molecule has 1 aromatic rings. The molecule has 2 amide bonds. The number of aryl methyl sites for hydroxylation is 1. The molecule has 21 heavy (non-hydrogen) atoms. The Hall–Kier alpha value is -2.17. The van der Waals surface area contributed by atoms with Crippen LogP contribution in [0.5, 0.6) is 0 Å². The van der Waals surface area contributed by atoms with E-state index >= 15 is 0 Å². The van der Waals surface area contributed by atoms with Crippen molar-refractivity contribution in [1.82, 2.24) is 10.7 Å². The van der Waals surface area contributed by atoms with E-state index < -0.39 is 0 Å². The smallest absolute Gasteiger partial charge is 0.271 e. The lowest BCUT2D eigenvalue weighted by molar-refractivity contribution is -0.121. The Labute approximate surface area is 125 Å². The second-order valence-corrected chi connectivity index (χ2v) is 6.08. The molecule has 0 aromatic heterocycles. The summed E-state index contributed by atoms with van der Waals surface area (Å²) in [6.45, 7) is 9.31. The molecule has 0 unspecified atom stereocenters. The molecule has 0 atom stereocenters. The first-order chi connectivity index (χ1) is 9.69. The largest absolute Gasteiger partial charge is 0.351 e. The van der Waals surface area contributed by atoms with E-state index in [0.717, 1.165) is 5.56 Å². The maximum atomic E-state index is 12.0. The van der Waals surface area contributed by atoms with Crippen molar-refractivity contribution in [3.8, 4) is 0 Å². The van der Waals surface area contributed by atoms with Gasteiger partial charge in [0.05, 0.1) is 6.42 Å². The van der Waals surface area contributed by atoms with Crippen molar-refractivity contribution in [3.63, 3.8) is 0 Å². The summed E-state index contributed by atoms with van der Waals surface area (Å²) in [5, 5.41) is 6.81. The fraction of sp³-hybridized carbons (Fsp3) is 0.438. The Morgan fingerprint density at radius 1 is 1.19 bits per heavy atom. The van der Waals surface area contributed by atoms with Crippen molar-refractivity contribution in [2.45, 2.75) is 46.6 Å². The third-order valence-electron chi connectivity index (χ3n) is 2.67. The number of rotatable bonds is 4. The number of hydrazone groups is 1. The van der Waals surface area contributed by atoms with Crippen molar-refractivity contribution >= 4 is 17.5 Å². The van der Waals surface area contributed by atoms with Crippen molar-refractivity contribution in [2.75, 3.05) is 0 Å². The fourth-order valence-electron chi connectivity index (χ4n) is 1.77. The van der Waals surface area contributed by atoms with Gasteiger partial charge in [-0.1, -0.05) is 18.2 Å². The average Bonchev–Trinajstić information content (AvgIpc) is 2.34. The van der Waals surface area contributed by atoms with Gasteiger partial charge in [0.25, 0.3) is 5.91 Å². The van der Waals surface area contributed by atoms with Crippen LogP contribution in [0, 0.1) is 6.92 Å². The average molecular weight is 289 g/mol. The highest BCUT2D eigenvalue weighted by molar-refractivity contribution is 6.01. The zero-order chi connectivity index (χ0) is 16.0. The maximum Gasteiger partial charge on any atom is 0.271 e. The van der Waals surface area contributed by atoms with E-state index in [1.54, 1.807) is 19.1 Å². The van der Waals surface area contributed by atoms with Gasteiger partial charge in [0, 0.05) is 16.8 Å². The van der Waals surface area contributed by atoms with Gasteiger partial charge in [0.2, 0.25) is 5.91 Å². The van der Waals surface area contributed by atoms with E-state index in [-0.39, 0.29) is 23.8 Å². The van der Waals surface area contributed by atoms with E-state index in [2.05, 4.69) is 15.8 Å². The van der Waals surface area contributed by atoms with Crippen LogP contribution >= 0.6 is 0 Å². The second-order valence-electron chi connectivity index (χ2n) is 6.08. The standard InChI is InChI=1S/C16H23N3O2/c1-11-8-6-7-9-13(11)15(21)19-18-12(2)10-14(20)17-16(3,4)5/h6-9H,10H2,1-5H3,(H,17,20)(H,19,21)/b18-12+. The van der Waals surface area contributed by atoms with E-state index in [9.17, 15) is 9.59 Å². The summed E-state index contributed by atoms with van der Waals surface area (Å²) in [6.07, 6.45) is 0.158. The Morgan fingerprint density at radius 2 is 1.81 bits per heavy atom. The highest BCUT2D eigenvalue weighted by Crippen LogP contribution is 2.06. The van der Waals surface area contributed by atoms with Crippen molar-refractivity contribution < 1.29 is 9.59 Å². The summed E-state index contributed by atoms with van der Waals surface area (Å²) in [5.41, 5.74) is 4.21. The van der Waals surface area contributed by atoms with Crippen LogP contribution in [0.1, 0.15) is 50.0 Å². The van der Waals surface area contributed by atoms with Gasteiger partial charge in [0.1, 0.15) is 0 Å². The van der Waals surface area contributed by atoms with Gasteiger partial charge in [-0.3, -0.25) is 9.59 Å². The lowest BCUT2D eigenvalue weighted by Crippen LogP contribution is -2.41. The normalized spacial score (nSPS) is 12.0. The predicted molar refractivity (Wildman–Crippen MR) is 84.3 cm³/mol. The van der Waals surface area contributed by atoms with E-state index in [4.69, 9.17) is 0 Å². The molecule has 2 N–H and O–H groups in total. The molecular weight excluding hydrogens is 266 g/mol. The van der Waals surface area contributed by atoms with E-state index in [1.165, 1.54) is 0 Å². The number of benzene rings is 1. The van der Waals surface area contributed by atoms with Crippen LogP contribution in [0.3, 0.4) is 0 Å². The summed E-state index contributed by atoms with van der Waals surface area (Å²) in [5.74, 6) is -0.391. The third kappa shape index (κ3) is 6.21. The summed E-state index contributed by atoms with van der Waals surface area (Å²) in [7, 11) is 0. The molecule has 0 spiro atoms. The number of hydrogen-bond acceptors (Lipinski definition) is 3. The van der Waals surface area contributed by atoms with Crippen LogP contribution in [-0.2, 0) is 4.79 Å². The molecule has 0 aliphatic carbocycles. The minimum Gasteiger partial charge on any atom is -0.351 e. The minimum atomic E-state index is -0.276. The number of nitrogens with one attached hydrogen (secondary N) is 2. The Morgan fingerprint density at radius 3 is 2.38 bits per heavy atom. The SMILES string of the molecule is C/C(CC(=O)NC(C)(C)C)=N\NC(=O)c1ccccc1C. The van der Waals surface area contributed by atoms with Gasteiger partial charge < -0.3 is 5.32 Å². The first-order valence-corrected chi connectivity index (χ1v) is 6.89. The third-order valence-corrected chi connectivity index (χ3v) is 2.67. The molecule has 1 rings (SSSR count). The van der Waals surface area contributed by atoms with Crippen molar-refractivity contribution in [3.05, 3.63) is 35.4 Å². The predicted octanol–water partition coefficient (Wildman–Crippen LogP) is 2.41. The summed E-state index contributed by atoms with van der Waals surface area (Å²) >= 11 is 0. The Kier molecular flexibility index (Phi) is 5.64. The summed E-state index contributed by atoms with van der Waals surface area (Å²) in [6, 6.07) is 7.27. The lowest BCUT2D eigenvalue weighted by atomic mass is 10.1. The zero-order valence-electron chi connectivity index (χ0n) is 13.3. The molecule has 1 aromatic carbocycles. The Bertz CT molecular complexity index is 557. The van der Waals surface area contributed by atoms with E-state index in [0.29, 0.717) is 11.3 Å². The van der Waals surface area contributed by atoms with Crippen molar-refractivity contribution in [1.29, 1.82) is 0 Å². The lowest BCUT2D eigenvalue weighted by Gasteiger charge is -2.20. The topological polar surface area (TPSA) is 70.6 Å². The molecule has 5 heteroatoms. The van der Waals surface area contributed by atoms with Crippen LogP contribution in [-0.4, -0.2) is 23.1 Å². The highest BCUT2D eigenvalue weighted by atomic mass is 16.2. The minimum absolute atomic E-state index is 0.117. The van der Waals surface area contributed by atoms with Crippen LogP contribution in [0.2, 0.25) is 0 Å². The molecule has 114 valence electrons. The molecule has 0 aliphatic rings. The number of nitrogens with zero attached hydrogens (tertiary/aromatic N) is 1. The summed E-state index contributed by atoms with van der Waals surface area (Å²) in [4.78, 5) is 23.7. The maximum absolute atomic E-state index is 12.0. The zero-order valence-corrected chi connectivity index (χ0v) is 13.3. The van der Waals surface area contributed by atoms with Crippen LogP contribution in [0.4, 0.5) is 0 Å². The molecular formula is C16H23N3O2. The monoisotopic (exact) mass is 289 g/mol. The van der Waals surface area contributed by atoms with Crippen LogP contribution < -0.4 is 10.7 Å². The number of amides is 2. The quantitative estimate of drug-likeness (QED) is 0.660. The molecule has 0 radical (unpaired) electrons. The van der Waals surface area contributed by atoms with Gasteiger partial charge in [-0.2, -0.15) is 5.10 Å². The fourth-order valence-corrected chi connectivity index (χ4v) is 1.77. The summed E-state index contributed by atoms with van der Waals surface area (Å²) < 4.78 is 0. The Balaban J connectivity index is 2.58. The highest BCUT2D eigenvalue weighted by Gasteiger charge is 2.14. The van der Waals surface area contributed by atoms with Gasteiger partial charge in [-0.25, -0.2) is 5.43 Å². The number of carbonyl (C=O) groups is 2. The molecule has 0 heterocycles. The van der Waals surface area contributed by atoms with Gasteiger partial charge in [-0.05, 0) is 46.2 Å². The first kappa shape index (κ1) is 16.9. The van der Waals surface area contributed by atoms with Crippen molar-refractivity contribution in [2.24, 2.45) is 5.10 Å². The number of carbonyl (C=O) groups excluding carboxylic acids is 2. The molecule has 0 bridgehead atoms. The molecule has 0 aliphatic heterocycles. The van der Waals surface area contributed by atoms with Gasteiger partial charge in [0.15, 0.2) is 0 Å². The van der Waals surface area contributed by atoms with Crippen LogP contribution in [0.15, 0.2) is 29.4 Å². The molecule has 5 nitrogen and oxygen atoms in total. The molecule has 0 saturated carbocycles.